The number of amides is 1. The van der Waals surface area contributed by atoms with Gasteiger partial charge in [0, 0.05) is 11.9 Å². The Hall–Kier alpha value is -1.19. The lowest BCUT2D eigenvalue weighted by Crippen LogP contribution is -2.32. The van der Waals surface area contributed by atoms with Crippen LogP contribution in [0.2, 0.25) is 0 Å². The summed E-state index contributed by atoms with van der Waals surface area (Å²) in [4.78, 5) is 12.7. The number of fused-ring (bicyclic) bond motifs is 2. The maximum Gasteiger partial charge on any atom is 0.287 e. The van der Waals surface area contributed by atoms with Gasteiger partial charge in [-0.3, -0.25) is 9.69 Å². The maximum atomic E-state index is 11.1. The van der Waals surface area contributed by atoms with Crippen molar-refractivity contribution < 1.29 is 18.6 Å². The van der Waals surface area contributed by atoms with Crippen molar-refractivity contribution in [3.8, 4) is 6.07 Å². The van der Waals surface area contributed by atoms with Crippen LogP contribution in [-0.4, -0.2) is 36.9 Å². The highest BCUT2D eigenvalue weighted by Crippen LogP contribution is 2.37. The monoisotopic (exact) mass is 299 g/mol. The van der Waals surface area contributed by atoms with Crippen LogP contribution in [0.3, 0.4) is 0 Å². The van der Waals surface area contributed by atoms with Gasteiger partial charge in [0.25, 0.3) is 8.53 Å². The van der Waals surface area contributed by atoms with Crippen LogP contribution in [0, 0.1) is 11.3 Å². The van der Waals surface area contributed by atoms with Gasteiger partial charge < -0.3 is 18.9 Å². The van der Waals surface area contributed by atoms with E-state index in [1.807, 2.05) is 13.0 Å². The minimum atomic E-state index is -1.33. The fourth-order valence-electron chi connectivity index (χ4n) is 2.03. The van der Waals surface area contributed by atoms with Crippen molar-refractivity contribution in [2.24, 2.45) is 0 Å². The van der Waals surface area contributed by atoms with Crippen LogP contribution in [0.25, 0.3) is 0 Å². The van der Waals surface area contributed by atoms with E-state index in [0.717, 1.165) is 24.9 Å². The standard InChI is InChI=1S/C12H18N3O4P/c1-10-7-15(9-16)12-4-3-11(19-12)8-18-20(14-10)17-6-2-5-13/h7,9,11-12,14H,2-4,6,8H2,1H3/b10-7+. The summed E-state index contributed by atoms with van der Waals surface area (Å²) < 4.78 is 17.0. The summed E-state index contributed by atoms with van der Waals surface area (Å²) in [7, 11) is -1.33. The summed E-state index contributed by atoms with van der Waals surface area (Å²) >= 11 is 0. The van der Waals surface area contributed by atoms with Crippen LogP contribution in [-0.2, 0) is 18.6 Å². The van der Waals surface area contributed by atoms with Crippen molar-refractivity contribution in [1.29, 1.82) is 5.26 Å². The third-order valence-corrected chi connectivity index (χ3v) is 4.29. The van der Waals surface area contributed by atoms with E-state index in [1.54, 1.807) is 6.20 Å². The van der Waals surface area contributed by atoms with Crippen LogP contribution in [0.1, 0.15) is 26.2 Å². The first-order valence-corrected chi connectivity index (χ1v) is 7.67. The average molecular weight is 299 g/mol. The molecule has 3 unspecified atom stereocenters. The topological polar surface area (TPSA) is 83.8 Å². The second-order valence-electron chi connectivity index (χ2n) is 4.56. The quantitative estimate of drug-likeness (QED) is 0.482. The van der Waals surface area contributed by atoms with Crippen LogP contribution in [0.5, 0.6) is 0 Å². The average Bonchev–Trinajstić information content (AvgIpc) is 2.90. The van der Waals surface area contributed by atoms with E-state index >= 15 is 0 Å². The van der Waals surface area contributed by atoms with E-state index in [4.69, 9.17) is 19.0 Å². The number of allylic oxidation sites excluding steroid dienone is 1. The number of hydrogen-bond acceptors (Lipinski definition) is 6. The molecule has 0 saturated carbocycles. The highest BCUT2D eigenvalue weighted by atomic mass is 31.2. The Morgan fingerprint density at radius 2 is 2.55 bits per heavy atom. The summed E-state index contributed by atoms with van der Waals surface area (Å²) in [6.45, 7) is 2.56. The predicted octanol–water partition coefficient (Wildman–Crippen LogP) is 1.59. The zero-order valence-electron chi connectivity index (χ0n) is 11.3. The Labute approximate surface area is 119 Å². The first-order valence-electron chi connectivity index (χ1n) is 6.49. The molecule has 0 radical (unpaired) electrons. The molecule has 0 aromatic carbocycles. The van der Waals surface area contributed by atoms with Gasteiger partial charge in [-0.25, -0.2) is 0 Å². The fourth-order valence-corrected chi connectivity index (χ4v) is 3.14. The number of nitriles is 1. The second kappa shape index (κ2) is 7.55. The van der Waals surface area contributed by atoms with Crippen LogP contribution in [0.4, 0.5) is 0 Å². The van der Waals surface area contributed by atoms with Gasteiger partial charge in [0.1, 0.15) is 6.23 Å². The second-order valence-corrected chi connectivity index (χ2v) is 5.82. The predicted molar refractivity (Wildman–Crippen MR) is 71.7 cm³/mol. The van der Waals surface area contributed by atoms with Crippen molar-refractivity contribution >= 4 is 14.9 Å². The maximum absolute atomic E-state index is 11.1. The van der Waals surface area contributed by atoms with Crippen molar-refractivity contribution in [3.63, 3.8) is 0 Å². The first kappa shape index (κ1) is 15.2. The molecule has 2 aliphatic heterocycles. The fraction of sp³-hybridized carbons (Fsp3) is 0.667. The van der Waals surface area contributed by atoms with E-state index in [9.17, 15) is 4.79 Å². The third-order valence-electron chi connectivity index (χ3n) is 2.95. The Morgan fingerprint density at radius 3 is 3.30 bits per heavy atom. The Bertz CT molecular complexity index is 412. The van der Waals surface area contributed by atoms with Crippen molar-refractivity contribution in [3.05, 3.63) is 11.9 Å². The molecule has 8 heteroatoms. The lowest BCUT2D eigenvalue weighted by molar-refractivity contribution is -0.127. The summed E-state index contributed by atoms with van der Waals surface area (Å²) in [5.41, 5.74) is 0.758. The molecule has 1 saturated heterocycles. The summed E-state index contributed by atoms with van der Waals surface area (Å²) in [6.07, 6.45) is 4.17. The largest absolute Gasteiger partial charge is 0.352 e. The number of carbonyl (C=O) groups is 1. The van der Waals surface area contributed by atoms with Crippen molar-refractivity contribution in [1.82, 2.24) is 9.99 Å². The van der Waals surface area contributed by atoms with Crippen LogP contribution >= 0.6 is 8.53 Å². The molecule has 2 rings (SSSR count). The molecule has 3 atom stereocenters. The van der Waals surface area contributed by atoms with E-state index in [1.165, 1.54) is 4.90 Å². The number of rotatable bonds is 4. The number of nitrogens with one attached hydrogen (secondary N) is 1. The molecule has 1 amide bonds. The molecule has 20 heavy (non-hydrogen) atoms. The van der Waals surface area contributed by atoms with Crippen molar-refractivity contribution in [2.75, 3.05) is 13.2 Å². The first-order chi connectivity index (χ1) is 9.72. The number of hydrogen-bond donors (Lipinski definition) is 1. The van der Waals surface area contributed by atoms with Crippen LogP contribution in [0.15, 0.2) is 11.9 Å². The SMILES string of the molecule is C/C1=C\N(C=O)C2CCC(COP(OCCC#N)N1)O2. The molecule has 2 aliphatic rings. The van der Waals surface area contributed by atoms with E-state index in [0.29, 0.717) is 19.6 Å². The Morgan fingerprint density at radius 1 is 1.70 bits per heavy atom. The minimum absolute atomic E-state index is 0.0272. The zero-order valence-corrected chi connectivity index (χ0v) is 12.2. The van der Waals surface area contributed by atoms with Crippen molar-refractivity contribution in [2.45, 2.75) is 38.5 Å². The van der Waals surface area contributed by atoms with Gasteiger partial charge in [-0.2, -0.15) is 5.26 Å². The highest BCUT2D eigenvalue weighted by Gasteiger charge is 2.31. The van der Waals surface area contributed by atoms with E-state index in [-0.39, 0.29) is 12.3 Å². The molecular formula is C12H18N3O4P. The number of carbonyl (C=O) groups excluding carboxylic acids is 1. The van der Waals surface area contributed by atoms with Gasteiger partial charge in [0.15, 0.2) is 0 Å². The lowest BCUT2D eigenvalue weighted by atomic mass is 10.2. The van der Waals surface area contributed by atoms with Gasteiger partial charge >= 0.3 is 0 Å². The van der Waals surface area contributed by atoms with E-state index < -0.39 is 8.53 Å². The molecule has 110 valence electrons. The normalized spacial score (nSPS) is 32.7. The molecule has 0 aliphatic carbocycles. The van der Waals surface area contributed by atoms with Gasteiger partial charge in [0.05, 0.1) is 31.8 Å². The molecule has 2 bridgehead atoms. The van der Waals surface area contributed by atoms with Gasteiger partial charge in [0.2, 0.25) is 6.41 Å². The third kappa shape index (κ3) is 4.15. The lowest BCUT2D eigenvalue weighted by Gasteiger charge is -2.26. The minimum Gasteiger partial charge on any atom is -0.352 e. The molecule has 1 fully saturated rings. The van der Waals surface area contributed by atoms with Gasteiger partial charge in [-0.1, -0.05) is 0 Å². The summed E-state index contributed by atoms with van der Waals surface area (Å²) in [5, 5.41) is 11.6. The highest BCUT2D eigenvalue weighted by molar-refractivity contribution is 7.45. The number of ether oxygens (including phenoxy) is 1. The molecule has 1 N–H and O–H groups in total. The van der Waals surface area contributed by atoms with Crippen LogP contribution < -0.4 is 5.09 Å². The zero-order chi connectivity index (χ0) is 14.4. The molecule has 0 spiro atoms. The molecule has 0 aromatic heterocycles. The summed E-state index contributed by atoms with van der Waals surface area (Å²) in [5.74, 6) is 0. The summed E-state index contributed by atoms with van der Waals surface area (Å²) in [6, 6.07) is 2.02. The molecule has 2 heterocycles. The van der Waals surface area contributed by atoms with E-state index in [2.05, 4.69) is 5.09 Å². The molecule has 7 nitrogen and oxygen atoms in total. The Balaban J connectivity index is 2.03. The Kier molecular flexibility index (Phi) is 5.74. The molecule has 0 aromatic rings. The van der Waals surface area contributed by atoms with Gasteiger partial charge in [-0.05, 0) is 19.8 Å². The molecular weight excluding hydrogens is 281 g/mol. The smallest absolute Gasteiger partial charge is 0.287 e. The number of nitrogens with zero attached hydrogens (tertiary/aromatic N) is 2. The van der Waals surface area contributed by atoms with Gasteiger partial charge in [-0.15, -0.1) is 0 Å².